The van der Waals surface area contributed by atoms with Crippen molar-refractivity contribution >= 4 is 11.8 Å². The van der Waals surface area contributed by atoms with Crippen molar-refractivity contribution in [2.24, 2.45) is 29.2 Å². The minimum absolute atomic E-state index is 0.0187. The molecular weight excluding hydrogens is 230 g/mol. The molecule has 18 heavy (non-hydrogen) atoms. The van der Waals surface area contributed by atoms with Gasteiger partial charge in [-0.15, -0.1) is 0 Å². The molecule has 0 aromatic heterocycles. The predicted octanol–water partition coefficient (Wildman–Crippen LogP) is 0.331. The van der Waals surface area contributed by atoms with Gasteiger partial charge in [0.15, 0.2) is 0 Å². The molecule has 0 aliphatic heterocycles. The third kappa shape index (κ3) is 3.98. The van der Waals surface area contributed by atoms with Crippen LogP contribution >= 0.6 is 0 Å². The van der Waals surface area contributed by atoms with Crippen LogP contribution in [0.25, 0.3) is 0 Å². The number of carbonyl (C=O) groups is 2. The first-order valence-corrected chi connectivity index (χ1v) is 6.72. The Morgan fingerprint density at radius 3 is 2.50 bits per heavy atom. The maximum atomic E-state index is 12.4. The van der Waals surface area contributed by atoms with E-state index in [4.69, 9.17) is 11.5 Å². The number of primary amides is 1. The molecule has 5 heteroatoms. The van der Waals surface area contributed by atoms with Crippen LogP contribution < -0.4 is 11.5 Å². The summed E-state index contributed by atoms with van der Waals surface area (Å²) in [4.78, 5) is 25.1. The molecule has 0 bridgehead atoms. The lowest BCUT2D eigenvalue weighted by molar-refractivity contribution is -0.140. The molecule has 0 heterocycles. The summed E-state index contributed by atoms with van der Waals surface area (Å²) >= 11 is 0. The summed E-state index contributed by atoms with van der Waals surface area (Å²) in [6.45, 7) is 5.19. The van der Waals surface area contributed by atoms with Crippen LogP contribution in [-0.4, -0.2) is 36.3 Å². The van der Waals surface area contributed by atoms with E-state index in [0.717, 1.165) is 19.3 Å². The smallest absolute Gasteiger partial charge is 0.237 e. The van der Waals surface area contributed by atoms with Crippen molar-refractivity contribution in [3.05, 3.63) is 0 Å². The Morgan fingerprint density at radius 2 is 2.00 bits per heavy atom. The van der Waals surface area contributed by atoms with Gasteiger partial charge >= 0.3 is 0 Å². The van der Waals surface area contributed by atoms with Crippen molar-refractivity contribution in [3.8, 4) is 0 Å². The molecule has 2 amide bonds. The van der Waals surface area contributed by atoms with Gasteiger partial charge in [0.1, 0.15) is 0 Å². The van der Waals surface area contributed by atoms with E-state index in [0.29, 0.717) is 19.0 Å². The molecule has 0 aromatic rings. The van der Waals surface area contributed by atoms with Gasteiger partial charge in [-0.2, -0.15) is 0 Å². The molecule has 1 fully saturated rings. The highest BCUT2D eigenvalue weighted by molar-refractivity contribution is 5.85. The number of hydrogen-bond donors (Lipinski definition) is 2. The van der Waals surface area contributed by atoms with Crippen LogP contribution in [0.2, 0.25) is 0 Å². The van der Waals surface area contributed by atoms with Gasteiger partial charge in [0, 0.05) is 12.5 Å². The van der Waals surface area contributed by atoms with E-state index < -0.39 is 5.91 Å². The number of nitrogens with two attached hydrogens (primary N) is 2. The summed E-state index contributed by atoms with van der Waals surface area (Å²) in [5.41, 5.74) is 10.9. The standard InChI is InChI=1S/C13H25N3O2/c1-9(2)7-16(8-12(15)17)13(18)11-5-3-4-10(11)6-14/h9-11H,3-8,14H2,1-2H3,(H2,15,17)/t10-,11-/m1/s1. The lowest BCUT2D eigenvalue weighted by Crippen LogP contribution is -2.45. The van der Waals surface area contributed by atoms with E-state index in [-0.39, 0.29) is 24.3 Å². The number of nitrogens with zero attached hydrogens (tertiary/aromatic N) is 1. The number of hydrogen-bond acceptors (Lipinski definition) is 3. The predicted molar refractivity (Wildman–Crippen MR) is 70.5 cm³/mol. The molecule has 1 saturated carbocycles. The average Bonchev–Trinajstić information content (AvgIpc) is 2.73. The Hall–Kier alpha value is -1.10. The van der Waals surface area contributed by atoms with Crippen LogP contribution in [0.5, 0.6) is 0 Å². The lowest BCUT2D eigenvalue weighted by atomic mass is 9.94. The Labute approximate surface area is 109 Å². The largest absolute Gasteiger partial charge is 0.368 e. The molecule has 0 saturated heterocycles. The van der Waals surface area contributed by atoms with E-state index in [9.17, 15) is 9.59 Å². The molecule has 5 nitrogen and oxygen atoms in total. The first kappa shape index (κ1) is 15.0. The maximum absolute atomic E-state index is 12.4. The molecule has 1 rings (SSSR count). The summed E-state index contributed by atoms with van der Waals surface area (Å²) in [6.07, 6.45) is 2.94. The molecule has 4 N–H and O–H groups in total. The highest BCUT2D eigenvalue weighted by Crippen LogP contribution is 2.32. The van der Waals surface area contributed by atoms with Gasteiger partial charge in [-0.05, 0) is 31.2 Å². The highest BCUT2D eigenvalue weighted by atomic mass is 16.2. The highest BCUT2D eigenvalue weighted by Gasteiger charge is 2.35. The lowest BCUT2D eigenvalue weighted by Gasteiger charge is -2.28. The van der Waals surface area contributed by atoms with E-state index in [1.54, 1.807) is 4.90 Å². The first-order chi connectivity index (χ1) is 8.45. The van der Waals surface area contributed by atoms with E-state index in [1.165, 1.54) is 0 Å². The summed E-state index contributed by atoms with van der Waals surface area (Å²) < 4.78 is 0. The number of amides is 2. The summed E-state index contributed by atoms with van der Waals surface area (Å²) in [7, 11) is 0. The Balaban J connectivity index is 2.71. The van der Waals surface area contributed by atoms with Gasteiger partial charge in [0.05, 0.1) is 6.54 Å². The molecule has 0 radical (unpaired) electrons. The number of rotatable bonds is 6. The second kappa shape index (κ2) is 6.73. The zero-order chi connectivity index (χ0) is 13.7. The minimum atomic E-state index is -0.453. The van der Waals surface area contributed by atoms with Crippen LogP contribution in [0.3, 0.4) is 0 Å². The molecule has 0 unspecified atom stereocenters. The maximum Gasteiger partial charge on any atom is 0.237 e. The zero-order valence-electron chi connectivity index (χ0n) is 11.4. The monoisotopic (exact) mass is 255 g/mol. The van der Waals surface area contributed by atoms with Gasteiger partial charge in [0.25, 0.3) is 0 Å². The molecule has 0 spiro atoms. The van der Waals surface area contributed by atoms with Gasteiger partial charge in [-0.3, -0.25) is 9.59 Å². The average molecular weight is 255 g/mol. The van der Waals surface area contributed by atoms with Crippen molar-refractivity contribution in [3.63, 3.8) is 0 Å². The van der Waals surface area contributed by atoms with Crippen molar-refractivity contribution in [2.45, 2.75) is 33.1 Å². The SMILES string of the molecule is CC(C)CN(CC(N)=O)C(=O)[C@@H]1CCC[C@@H]1CN. The molecule has 0 aromatic carbocycles. The summed E-state index contributed by atoms with van der Waals surface area (Å²) in [5, 5.41) is 0. The van der Waals surface area contributed by atoms with E-state index in [2.05, 4.69) is 0 Å². The fraction of sp³-hybridized carbons (Fsp3) is 0.846. The first-order valence-electron chi connectivity index (χ1n) is 6.72. The Bertz CT molecular complexity index is 305. The second-order valence-corrected chi connectivity index (χ2v) is 5.61. The van der Waals surface area contributed by atoms with Crippen molar-refractivity contribution in [1.82, 2.24) is 4.90 Å². The molecule has 1 aliphatic rings. The number of carbonyl (C=O) groups excluding carboxylic acids is 2. The minimum Gasteiger partial charge on any atom is -0.368 e. The van der Waals surface area contributed by atoms with Crippen LogP contribution in [0.4, 0.5) is 0 Å². The third-order valence-corrected chi connectivity index (χ3v) is 3.52. The Kier molecular flexibility index (Phi) is 5.59. The molecular formula is C13H25N3O2. The molecule has 2 atom stereocenters. The van der Waals surface area contributed by atoms with Crippen LogP contribution in [0.1, 0.15) is 33.1 Å². The van der Waals surface area contributed by atoms with Gasteiger partial charge in [-0.1, -0.05) is 20.3 Å². The molecule has 1 aliphatic carbocycles. The van der Waals surface area contributed by atoms with Crippen molar-refractivity contribution < 1.29 is 9.59 Å². The second-order valence-electron chi connectivity index (χ2n) is 5.61. The topological polar surface area (TPSA) is 89.4 Å². The third-order valence-electron chi connectivity index (χ3n) is 3.52. The van der Waals surface area contributed by atoms with E-state index >= 15 is 0 Å². The fourth-order valence-electron chi connectivity index (χ4n) is 2.74. The van der Waals surface area contributed by atoms with Crippen LogP contribution in [0.15, 0.2) is 0 Å². The fourth-order valence-corrected chi connectivity index (χ4v) is 2.74. The molecule has 104 valence electrons. The quantitative estimate of drug-likeness (QED) is 0.716. The zero-order valence-corrected chi connectivity index (χ0v) is 11.4. The van der Waals surface area contributed by atoms with Gasteiger partial charge < -0.3 is 16.4 Å². The summed E-state index contributed by atoms with van der Waals surface area (Å²) in [6, 6.07) is 0. The van der Waals surface area contributed by atoms with Crippen molar-refractivity contribution in [2.75, 3.05) is 19.6 Å². The van der Waals surface area contributed by atoms with Crippen molar-refractivity contribution in [1.29, 1.82) is 0 Å². The van der Waals surface area contributed by atoms with Gasteiger partial charge in [-0.25, -0.2) is 0 Å². The van der Waals surface area contributed by atoms with Crippen LogP contribution in [-0.2, 0) is 9.59 Å². The van der Waals surface area contributed by atoms with E-state index in [1.807, 2.05) is 13.8 Å². The Morgan fingerprint density at radius 1 is 1.33 bits per heavy atom. The van der Waals surface area contributed by atoms with Crippen LogP contribution in [0, 0.1) is 17.8 Å². The van der Waals surface area contributed by atoms with Gasteiger partial charge in [0.2, 0.25) is 11.8 Å². The summed E-state index contributed by atoms with van der Waals surface area (Å²) in [5.74, 6) is 0.168. The normalized spacial score (nSPS) is 23.3.